The van der Waals surface area contributed by atoms with Crippen LogP contribution < -0.4 is 0 Å². The number of fused-ring (bicyclic) bond motifs is 1. The number of benzene rings is 1. The molecule has 0 saturated heterocycles. The molecule has 0 spiro atoms. The van der Waals surface area contributed by atoms with Crippen molar-refractivity contribution in [2.75, 3.05) is 13.7 Å². The van der Waals surface area contributed by atoms with Crippen LogP contribution in [-0.4, -0.2) is 38.3 Å². The Morgan fingerprint density at radius 3 is 2.44 bits per heavy atom. The fraction of sp³-hybridized carbons (Fsp3) is 0.412. The van der Waals surface area contributed by atoms with Crippen LogP contribution in [0, 0.1) is 0 Å². The smallest absolute Gasteiger partial charge is 0.359 e. The zero-order valence-corrected chi connectivity index (χ0v) is 15.3. The average molecular weight is 367 g/mol. The van der Waals surface area contributed by atoms with Gasteiger partial charge < -0.3 is 9.47 Å². The van der Waals surface area contributed by atoms with E-state index in [9.17, 15) is 18.0 Å². The molecular weight excluding hydrogens is 346 g/mol. The number of carbonyl (C=O) groups excluding carboxylic acids is 2. The number of sulfonamides is 1. The first-order valence-electron chi connectivity index (χ1n) is 8.03. The highest BCUT2D eigenvalue weighted by molar-refractivity contribution is 7.89. The molecule has 0 aromatic heterocycles. The van der Waals surface area contributed by atoms with Gasteiger partial charge >= 0.3 is 11.9 Å². The Morgan fingerprint density at radius 2 is 1.84 bits per heavy atom. The summed E-state index contributed by atoms with van der Waals surface area (Å²) in [6.45, 7) is 3.52. The normalized spacial score (nSPS) is 15.6. The van der Waals surface area contributed by atoms with E-state index in [1.165, 1.54) is 12.1 Å². The van der Waals surface area contributed by atoms with E-state index in [-0.39, 0.29) is 34.9 Å². The Kier molecular flexibility index (Phi) is 5.84. The van der Waals surface area contributed by atoms with Crippen LogP contribution in [0.2, 0.25) is 0 Å². The lowest BCUT2D eigenvalue weighted by atomic mass is 10.1. The SMILES string of the molecule is CCCCC(=O)OC1=C(C(=O)OC)N(CC)S(=O)(=O)c2ccccc21. The summed E-state index contributed by atoms with van der Waals surface area (Å²) in [7, 11) is -2.79. The third-order valence-electron chi connectivity index (χ3n) is 3.78. The minimum atomic E-state index is -3.94. The average Bonchev–Trinajstić information content (AvgIpc) is 2.61. The van der Waals surface area contributed by atoms with E-state index >= 15 is 0 Å². The molecule has 0 saturated carbocycles. The van der Waals surface area contributed by atoms with Gasteiger partial charge in [-0.05, 0) is 25.5 Å². The summed E-state index contributed by atoms with van der Waals surface area (Å²) < 4.78 is 36.7. The molecule has 0 bridgehead atoms. The van der Waals surface area contributed by atoms with Gasteiger partial charge in [-0.3, -0.25) is 9.10 Å². The van der Waals surface area contributed by atoms with Crippen molar-refractivity contribution >= 4 is 27.7 Å². The van der Waals surface area contributed by atoms with E-state index in [0.717, 1.165) is 17.8 Å². The molecule has 25 heavy (non-hydrogen) atoms. The number of methoxy groups -OCH3 is 1. The molecule has 0 atom stereocenters. The summed E-state index contributed by atoms with van der Waals surface area (Å²) in [5.41, 5.74) is -0.106. The fourth-order valence-electron chi connectivity index (χ4n) is 2.57. The van der Waals surface area contributed by atoms with Crippen molar-refractivity contribution in [2.24, 2.45) is 0 Å². The number of carbonyl (C=O) groups is 2. The molecule has 136 valence electrons. The first kappa shape index (κ1) is 19.0. The second-order valence-corrected chi connectivity index (χ2v) is 7.24. The monoisotopic (exact) mass is 367 g/mol. The van der Waals surface area contributed by atoms with Crippen LogP contribution >= 0.6 is 0 Å². The molecule has 0 radical (unpaired) electrons. The Morgan fingerprint density at radius 1 is 1.16 bits per heavy atom. The first-order valence-corrected chi connectivity index (χ1v) is 9.47. The molecule has 0 fully saturated rings. The molecule has 0 N–H and O–H groups in total. The van der Waals surface area contributed by atoms with Gasteiger partial charge in [0.25, 0.3) is 10.0 Å². The van der Waals surface area contributed by atoms with Crippen LogP contribution in [0.25, 0.3) is 5.76 Å². The number of rotatable bonds is 6. The number of likely N-dealkylation sites (N-methyl/N-ethyl adjacent to an activating group) is 1. The van der Waals surface area contributed by atoms with Gasteiger partial charge in [0.2, 0.25) is 0 Å². The largest absolute Gasteiger partial charge is 0.464 e. The third kappa shape index (κ3) is 3.53. The van der Waals surface area contributed by atoms with Gasteiger partial charge in [0.05, 0.1) is 12.0 Å². The van der Waals surface area contributed by atoms with E-state index in [2.05, 4.69) is 0 Å². The highest BCUT2D eigenvalue weighted by Gasteiger charge is 2.41. The van der Waals surface area contributed by atoms with Crippen LogP contribution in [0.1, 0.15) is 38.7 Å². The molecule has 0 amide bonds. The van der Waals surface area contributed by atoms with Crippen molar-refractivity contribution in [3.63, 3.8) is 0 Å². The van der Waals surface area contributed by atoms with E-state index in [0.29, 0.717) is 6.42 Å². The van der Waals surface area contributed by atoms with Crippen molar-refractivity contribution in [1.82, 2.24) is 4.31 Å². The van der Waals surface area contributed by atoms with Crippen molar-refractivity contribution in [3.8, 4) is 0 Å². The molecule has 0 unspecified atom stereocenters. The number of hydrogen-bond donors (Lipinski definition) is 0. The second kappa shape index (κ2) is 7.69. The fourth-order valence-corrected chi connectivity index (χ4v) is 4.23. The predicted octanol–water partition coefficient (Wildman–Crippen LogP) is 2.29. The van der Waals surface area contributed by atoms with Gasteiger partial charge in [0.1, 0.15) is 0 Å². The van der Waals surface area contributed by atoms with E-state index in [4.69, 9.17) is 9.47 Å². The Labute approximate surface area is 147 Å². The van der Waals surface area contributed by atoms with Gasteiger partial charge in [0.15, 0.2) is 11.5 Å². The van der Waals surface area contributed by atoms with Crippen molar-refractivity contribution in [2.45, 2.75) is 38.0 Å². The zero-order valence-electron chi connectivity index (χ0n) is 14.4. The summed E-state index contributed by atoms with van der Waals surface area (Å²) in [5, 5.41) is 0. The van der Waals surface area contributed by atoms with Crippen molar-refractivity contribution in [3.05, 3.63) is 35.5 Å². The number of hydrogen-bond acceptors (Lipinski definition) is 6. The van der Waals surface area contributed by atoms with Gasteiger partial charge in [-0.1, -0.05) is 25.5 Å². The molecule has 1 aliphatic heterocycles. The van der Waals surface area contributed by atoms with Crippen LogP contribution in [0.15, 0.2) is 34.9 Å². The minimum absolute atomic E-state index is 0.00287. The number of ether oxygens (including phenoxy) is 2. The third-order valence-corrected chi connectivity index (χ3v) is 5.71. The maximum Gasteiger partial charge on any atom is 0.359 e. The summed E-state index contributed by atoms with van der Waals surface area (Å²) >= 11 is 0. The number of esters is 2. The van der Waals surface area contributed by atoms with Gasteiger partial charge in [0, 0.05) is 18.5 Å². The zero-order chi connectivity index (χ0) is 18.6. The maximum absolute atomic E-state index is 12.8. The lowest BCUT2D eigenvalue weighted by Gasteiger charge is -2.31. The summed E-state index contributed by atoms with van der Waals surface area (Å²) in [6, 6.07) is 6.11. The van der Waals surface area contributed by atoms with Crippen molar-refractivity contribution < 1.29 is 27.5 Å². The predicted molar refractivity (Wildman–Crippen MR) is 90.6 cm³/mol. The summed E-state index contributed by atoms with van der Waals surface area (Å²) in [6.07, 6.45) is 1.62. The highest BCUT2D eigenvalue weighted by atomic mass is 32.2. The Balaban J connectivity index is 2.67. The summed E-state index contributed by atoms with van der Waals surface area (Å²) in [5.74, 6) is -1.48. The molecular formula is C17H21NO6S. The van der Waals surface area contributed by atoms with E-state index < -0.39 is 22.0 Å². The van der Waals surface area contributed by atoms with Crippen LogP contribution in [0.4, 0.5) is 0 Å². The van der Waals surface area contributed by atoms with E-state index in [1.807, 2.05) is 6.92 Å². The first-order chi connectivity index (χ1) is 11.9. The summed E-state index contributed by atoms with van der Waals surface area (Å²) in [4.78, 5) is 24.4. The molecule has 1 aromatic carbocycles. The second-order valence-electron chi connectivity index (χ2n) is 5.41. The molecule has 2 rings (SSSR count). The topological polar surface area (TPSA) is 90.0 Å². The van der Waals surface area contributed by atoms with Gasteiger partial charge in [-0.2, -0.15) is 0 Å². The lowest BCUT2D eigenvalue weighted by Crippen LogP contribution is -2.38. The Bertz CT molecular complexity index is 812. The standard InChI is InChI=1S/C17H21NO6S/c1-4-6-11-14(19)24-16-12-9-7-8-10-13(12)25(21,22)18(5-2)15(16)17(20)23-3/h7-10H,4-6,11H2,1-3H3. The molecule has 1 heterocycles. The quantitative estimate of drug-likeness (QED) is 0.717. The number of unbranched alkanes of at least 4 members (excludes halogenated alkanes) is 1. The van der Waals surface area contributed by atoms with Crippen molar-refractivity contribution in [1.29, 1.82) is 0 Å². The molecule has 8 heteroatoms. The van der Waals surface area contributed by atoms with Gasteiger partial charge in [-0.25, -0.2) is 13.2 Å². The Hall–Kier alpha value is -2.35. The molecule has 7 nitrogen and oxygen atoms in total. The van der Waals surface area contributed by atoms with Crippen LogP contribution in [-0.2, 0) is 29.1 Å². The molecule has 0 aliphatic carbocycles. The molecule has 1 aromatic rings. The minimum Gasteiger partial charge on any atom is -0.464 e. The van der Waals surface area contributed by atoms with Crippen LogP contribution in [0.3, 0.4) is 0 Å². The maximum atomic E-state index is 12.8. The van der Waals surface area contributed by atoms with Gasteiger partial charge in [-0.15, -0.1) is 0 Å². The highest BCUT2D eigenvalue weighted by Crippen LogP contribution is 2.37. The molecule has 1 aliphatic rings. The number of nitrogens with zero attached hydrogens (tertiary/aromatic N) is 1. The van der Waals surface area contributed by atoms with Crippen LogP contribution in [0.5, 0.6) is 0 Å². The van der Waals surface area contributed by atoms with E-state index in [1.54, 1.807) is 19.1 Å². The lowest BCUT2D eigenvalue weighted by molar-refractivity contribution is -0.138.